The fraction of sp³-hybridized carbons (Fsp3) is 0.917. The first-order valence-electron chi connectivity index (χ1n) is 6.34. The van der Waals surface area contributed by atoms with E-state index in [1.54, 1.807) is 0 Å². The normalized spacial score (nSPS) is 22.8. The monoisotopic (exact) mass is 246 g/mol. The molecular weight excluding hydrogens is 224 g/mol. The van der Waals surface area contributed by atoms with Gasteiger partial charge in [-0.05, 0) is 12.8 Å². The third-order valence-corrected chi connectivity index (χ3v) is 3.66. The van der Waals surface area contributed by atoms with Gasteiger partial charge < -0.3 is 10.6 Å². The zero-order chi connectivity index (χ0) is 10.5. The number of carbonyl (C=O) groups is 1. The van der Waals surface area contributed by atoms with Crippen LogP contribution in [0, 0.1) is 11.8 Å². The van der Waals surface area contributed by atoms with Crippen LogP contribution in [0.2, 0.25) is 0 Å². The largest absolute Gasteiger partial charge is 0.355 e. The van der Waals surface area contributed by atoms with Gasteiger partial charge in [-0.1, -0.05) is 25.7 Å². The van der Waals surface area contributed by atoms with Crippen LogP contribution in [0.3, 0.4) is 0 Å². The molecule has 1 aliphatic carbocycles. The Morgan fingerprint density at radius 2 is 1.75 bits per heavy atom. The van der Waals surface area contributed by atoms with E-state index in [9.17, 15) is 4.79 Å². The van der Waals surface area contributed by atoms with Crippen molar-refractivity contribution in [2.75, 3.05) is 19.6 Å². The maximum absolute atomic E-state index is 11.9. The third kappa shape index (κ3) is 3.95. The van der Waals surface area contributed by atoms with Gasteiger partial charge in [-0.2, -0.15) is 0 Å². The molecule has 0 radical (unpaired) electrons. The molecule has 1 heterocycles. The molecule has 4 heteroatoms. The average Bonchev–Trinajstić information content (AvgIpc) is 2.43. The highest BCUT2D eigenvalue weighted by Crippen LogP contribution is 2.22. The van der Waals surface area contributed by atoms with E-state index in [2.05, 4.69) is 10.6 Å². The van der Waals surface area contributed by atoms with Crippen molar-refractivity contribution in [2.24, 2.45) is 11.8 Å². The molecule has 0 bridgehead atoms. The van der Waals surface area contributed by atoms with Crippen molar-refractivity contribution in [3.05, 3.63) is 0 Å². The molecule has 2 fully saturated rings. The molecule has 0 atom stereocenters. The van der Waals surface area contributed by atoms with Crippen molar-refractivity contribution in [3.8, 4) is 0 Å². The zero-order valence-corrected chi connectivity index (χ0v) is 10.7. The van der Waals surface area contributed by atoms with Gasteiger partial charge >= 0.3 is 0 Å². The molecular formula is C12H23ClN2O. The molecule has 1 saturated carbocycles. The van der Waals surface area contributed by atoms with Crippen LogP contribution in [0.25, 0.3) is 0 Å². The zero-order valence-electron chi connectivity index (χ0n) is 9.84. The lowest BCUT2D eigenvalue weighted by Gasteiger charge is -2.27. The van der Waals surface area contributed by atoms with Crippen LogP contribution in [0.5, 0.6) is 0 Å². The van der Waals surface area contributed by atoms with Crippen molar-refractivity contribution < 1.29 is 4.79 Å². The van der Waals surface area contributed by atoms with Crippen molar-refractivity contribution in [3.63, 3.8) is 0 Å². The molecule has 1 amide bonds. The highest BCUT2D eigenvalue weighted by atomic mass is 35.5. The second-order valence-corrected chi connectivity index (χ2v) is 4.96. The van der Waals surface area contributed by atoms with Gasteiger partial charge in [-0.3, -0.25) is 4.79 Å². The van der Waals surface area contributed by atoms with E-state index >= 15 is 0 Å². The van der Waals surface area contributed by atoms with Gasteiger partial charge in [0, 0.05) is 31.5 Å². The summed E-state index contributed by atoms with van der Waals surface area (Å²) in [5.41, 5.74) is 0. The standard InChI is InChI=1S/C12H22N2O.ClH/c15-12(14-9-10-7-13-8-10)11-5-3-1-2-4-6-11;/h10-11,13H,1-9H2,(H,14,15);1H. The quantitative estimate of drug-likeness (QED) is 0.745. The smallest absolute Gasteiger partial charge is 0.223 e. The minimum absolute atomic E-state index is 0. The maximum Gasteiger partial charge on any atom is 0.223 e. The highest BCUT2D eigenvalue weighted by molar-refractivity contribution is 5.85. The van der Waals surface area contributed by atoms with Crippen LogP contribution in [0.4, 0.5) is 0 Å². The van der Waals surface area contributed by atoms with E-state index in [1.165, 1.54) is 25.7 Å². The second kappa shape index (κ2) is 7.13. The molecule has 3 nitrogen and oxygen atoms in total. The Hall–Kier alpha value is -0.280. The molecule has 1 aliphatic heterocycles. The number of carbonyl (C=O) groups excluding carboxylic acids is 1. The summed E-state index contributed by atoms with van der Waals surface area (Å²) in [7, 11) is 0. The topological polar surface area (TPSA) is 41.1 Å². The van der Waals surface area contributed by atoms with Crippen molar-refractivity contribution >= 4 is 18.3 Å². The predicted octanol–water partition coefficient (Wildman–Crippen LogP) is 1.71. The molecule has 2 rings (SSSR count). The van der Waals surface area contributed by atoms with Crippen LogP contribution >= 0.6 is 12.4 Å². The molecule has 0 unspecified atom stereocenters. The van der Waals surface area contributed by atoms with E-state index in [-0.39, 0.29) is 12.4 Å². The van der Waals surface area contributed by atoms with Gasteiger partial charge in [0.05, 0.1) is 0 Å². The van der Waals surface area contributed by atoms with E-state index in [1.807, 2.05) is 0 Å². The Labute approximate surface area is 104 Å². The van der Waals surface area contributed by atoms with Crippen LogP contribution in [0.15, 0.2) is 0 Å². The van der Waals surface area contributed by atoms with Crippen LogP contribution in [-0.4, -0.2) is 25.5 Å². The minimum Gasteiger partial charge on any atom is -0.355 e. The maximum atomic E-state index is 11.9. The van der Waals surface area contributed by atoms with Crippen molar-refractivity contribution in [1.82, 2.24) is 10.6 Å². The van der Waals surface area contributed by atoms with E-state index < -0.39 is 0 Å². The van der Waals surface area contributed by atoms with E-state index in [0.29, 0.717) is 17.7 Å². The fourth-order valence-corrected chi connectivity index (χ4v) is 2.42. The molecule has 0 aromatic heterocycles. The number of halogens is 1. The average molecular weight is 247 g/mol. The SMILES string of the molecule is Cl.O=C(NCC1CNC1)C1CCCCCC1. The van der Waals surface area contributed by atoms with E-state index in [4.69, 9.17) is 0 Å². The van der Waals surface area contributed by atoms with Gasteiger partial charge in [-0.15, -0.1) is 12.4 Å². The number of amides is 1. The van der Waals surface area contributed by atoms with Gasteiger partial charge in [-0.25, -0.2) is 0 Å². The summed E-state index contributed by atoms with van der Waals surface area (Å²) in [5.74, 6) is 1.30. The summed E-state index contributed by atoms with van der Waals surface area (Å²) < 4.78 is 0. The number of hydrogen-bond donors (Lipinski definition) is 2. The Morgan fingerprint density at radius 1 is 1.12 bits per heavy atom. The predicted molar refractivity (Wildman–Crippen MR) is 67.8 cm³/mol. The van der Waals surface area contributed by atoms with Crippen LogP contribution in [-0.2, 0) is 4.79 Å². The number of nitrogens with one attached hydrogen (secondary N) is 2. The molecule has 94 valence electrons. The molecule has 2 aliphatic rings. The molecule has 1 saturated heterocycles. The Morgan fingerprint density at radius 3 is 2.25 bits per heavy atom. The molecule has 16 heavy (non-hydrogen) atoms. The van der Waals surface area contributed by atoms with Crippen LogP contribution in [0.1, 0.15) is 38.5 Å². The van der Waals surface area contributed by atoms with Gasteiger partial charge in [0.1, 0.15) is 0 Å². The lowest BCUT2D eigenvalue weighted by atomic mass is 9.98. The molecule has 0 aromatic rings. The number of hydrogen-bond acceptors (Lipinski definition) is 2. The summed E-state index contributed by atoms with van der Waals surface area (Å²) in [6.07, 6.45) is 7.32. The fourth-order valence-electron chi connectivity index (χ4n) is 2.42. The highest BCUT2D eigenvalue weighted by Gasteiger charge is 2.22. The summed E-state index contributed by atoms with van der Waals surface area (Å²) in [5, 5.41) is 6.33. The summed E-state index contributed by atoms with van der Waals surface area (Å²) in [4.78, 5) is 11.9. The molecule has 0 aromatic carbocycles. The van der Waals surface area contributed by atoms with Gasteiger partial charge in [0.25, 0.3) is 0 Å². The summed E-state index contributed by atoms with van der Waals surface area (Å²) in [6, 6.07) is 0. The molecule has 0 spiro atoms. The lowest BCUT2D eigenvalue weighted by Crippen LogP contribution is -2.48. The summed E-state index contributed by atoms with van der Waals surface area (Å²) >= 11 is 0. The first-order valence-corrected chi connectivity index (χ1v) is 6.34. The van der Waals surface area contributed by atoms with Gasteiger partial charge in [0.2, 0.25) is 5.91 Å². The Kier molecular flexibility index (Phi) is 6.14. The summed E-state index contributed by atoms with van der Waals surface area (Å²) in [6.45, 7) is 3.03. The Balaban J connectivity index is 0.00000128. The van der Waals surface area contributed by atoms with Gasteiger partial charge in [0.15, 0.2) is 0 Å². The molecule has 2 N–H and O–H groups in total. The first kappa shape index (κ1) is 13.8. The van der Waals surface area contributed by atoms with Crippen molar-refractivity contribution in [1.29, 1.82) is 0 Å². The Bertz CT molecular complexity index is 211. The number of rotatable bonds is 3. The van der Waals surface area contributed by atoms with E-state index in [0.717, 1.165) is 32.5 Å². The van der Waals surface area contributed by atoms with Crippen LogP contribution < -0.4 is 10.6 Å². The first-order chi connectivity index (χ1) is 7.36. The lowest BCUT2D eigenvalue weighted by molar-refractivity contribution is -0.125. The minimum atomic E-state index is 0. The third-order valence-electron chi connectivity index (χ3n) is 3.66. The van der Waals surface area contributed by atoms with Crippen molar-refractivity contribution in [2.45, 2.75) is 38.5 Å². The second-order valence-electron chi connectivity index (χ2n) is 4.96.